The Morgan fingerprint density at radius 2 is 1.78 bits per heavy atom. The quantitative estimate of drug-likeness (QED) is 0.344. The highest BCUT2D eigenvalue weighted by Crippen LogP contribution is 2.32. The molecule has 0 saturated heterocycles. The molecule has 0 aliphatic rings. The third-order valence-corrected chi connectivity index (χ3v) is 5.90. The number of ether oxygens (including phenoxy) is 1. The lowest BCUT2D eigenvalue weighted by Gasteiger charge is -2.33. The van der Waals surface area contributed by atoms with Crippen molar-refractivity contribution >= 4 is 28.5 Å². The highest BCUT2D eigenvalue weighted by molar-refractivity contribution is 6.02. The van der Waals surface area contributed by atoms with Crippen LogP contribution in [0.5, 0.6) is 0 Å². The highest BCUT2D eigenvalue weighted by Gasteiger charge is 2.34. The van der Waals surface area contributed by atoms with Crippen LogP contribution in [0.15, 0.2) is 72.8 Å². The van der Waals surface area contributed by atoms with Gasteiger partial charge >= 0.3 is 0 Å². The lowest BCUT2D eigenvalue weighted by Crippen LogP contribution is -2.46. The molecular formula is C27H28FN5O3. The van der Waals surface area contributed by atoms with Gasteiger partial charge in [-0.25, -0.2) is 9.07 Å². The minimum Gasteiger partial charge on any atom is -0.383 e. The molecule has 1 aromatic heterocycles. The molecule has 4 aromatic rings. The van der Waals surface area contributed by atoms with Crippen molar-refractivity contribution in [3.63, 3.8) is 0 Å². The van der Waals surface area contributed by atoms with Crippen molar-refractivity contribution in [3.05, 3.63) is 89.7 Å². The fourth-order valence-corrected chi connectivity index (χ4v) is 4.14. The fourth-order valence-electron chi connectivity index (χ4n) is 4.14. The van der Waals surface area contributed by atoms with E-state index in [1.165, 1.54) is 33.8 Å². The molecule has 0 radical (unpaired) electrons. The average molecular weight is 490 g/mol. The lowest BCUT2D eigenvalue weighted by molar-refractivity contribution is -0.127. The standard InChI is InChI=1S/C27H28FN5O3/c1-3-19-8-4-6-10-23(19)33(25(34)18-32-24-11-7-5-9-22(24)30-31-32)26(27(35)29-16-17-36-2)20-12-14-21(28)15-13-20/h4-15,26H,3,16-18H2,1-2H3,(H,29,35)/t26-/m0/s1. The molecule has 1 heterocycles. The van der Waals surface area contributed by atoms with Crippen LogP contribution in [-0.2, 0) is 27.3 Å². The fraction of sp³-hybridized carbons (Fsp3) is 0.259. The Bertz CT molecular complexity index is 1340. The maximum absolute atomic E-state index is 14.0. The molecule has 0 aliphatic heterocycles. The zero-order chi connectivity index (χ0) is 25.5. The number of hydrogen-bond acceptors (Lipinski definition) is 5. The van der Waals surface area contributed by atoms with Gasteiger partial charge in [0.15, 0.2) is 0 Å². The number of methoxy groups -OCH3 is 1. The molecule has 0 bridgehead atoms. The van der Waals surface area contributed by atoms with Gasteiger partial charge in [-0.1, -0.05) is 54.6 Å². The van der Waals surface area contributed by atoms with E-state index in [0.717, 1.165) is 5.56 Å². The highest BCUT2D eigenvalue weighted by atomic mass is 19.1. The van der Waals surface area contributed by atoms with Gasteiger partial charge in [-0.05, 0) is 47.9 Å². The van der Waals surface area contributed by atoms with Gasteiger partial charge in [-0.15, -0.1) is 5.10 Å². The molecule has 0 spiro atoms. The van der Waals surface area contributed by atoms with Crippen molar-refractivity contribution in [2.45, 2.75) is 25.9 Å². The second-order valence-corrected chi connectivity index (χ2v) is 8.22. The predicted molar refractivity (Wildman–Crippen MR) is 135 cm³/mol. The second kappa shape index (κ2) is 11.5. The number of nitrogens with zero attached hydrogens (tertiary/aromatic N) is 4. The van der Waals surface area contributed by atoms with E-state index in [-0.39, 0.29) is 19.0 Å². The van der Waals surface area contributed by atoms with E-state index in [0.29, 0.717) is 35.3 Å². The topological polar surface area (TPSA) is 89.4 Å². The first kappa shape index (κ1) is 25.0. The summed E-state index contributed by atoms with van der Waals surface area (Å²) in [5.74, 6) is -1.19. The first-order valence-electron chi connectivity index (χ1n) is 11.7. The van der Waals surface area contributed by atoms with Gasteiger partial charge in [0, 0.05) is 19.3 Å². The summed E-state index contributed by atoms with van der Waals surface area (Å²) < 4.78 is 20.4. The molecule has 3 aromatic carbocycles. The van der Waals surface area contributed by atoms with E-state index in [9.17, 15) is 14.0 Å². The summed E-state index contributed by atoms with van der Waals surface area (Å²) in [5, 5.41) is 11.1. The number of carbonyl (C=O) groups is 2. The summed E-state index contributed by atoms with van der Waals surface area (Å²) in [4.78, 5) is 29.0. The molecule has 1 N–H and O–H groups in total. The van der Waals surface area contributed by atoms with Crippen LogP contribution >= 0.6 is 0 Å². The van der Waals surface area contributed by atoms with Crippen LogP contribution in [-0.4, -0.2) is 47.1 Å². The van der Waals surface area contributed by atoms with E-state index in [1.54, 1.807) is 7.11 Å². The molecule has 0 unspecified atom stereocenters. The van der Waals surface area contributed by atoms with Gasteiger partial charge in [0.1, 0.15) is 23.9 Å². The zero-order valence-corrected chi connectivity index (χ0v) is 20.2. The Morgan fingerprint density at radius 3 is 2.53 bits per heavy atom. The number of anilines is 1. The number of benzene rings is 3. The maximum atomic E-state index is 14.0. The first-order valence-corrected chi connectivity index (χ1v) is 11.7. The van der Waals surface area contributed by atoms with Gasteiger partial charge in [-0.2, -0.15) is 0 Å². The van der Waals surface area contributed by atoms with Crippen molar-refractivity contribution in [1.29, 1.82) is 0 Å². The van der Waals surface area contributed by atoms with E-state index in [1.807, 2.05) is 55.5 Å². The van der Waals surface area contributed by atoms with E-state index >= 15 is 0 Å². The van der Waals surface area contributed by atoms with Crippen LogP contribution in [0.1, 0.15) is 24.1 Å². The molecule has 0 fully saturated rings. The summed E-state index contributed by atoms with van der Waals surface area (Å²) in [6, 6.07) is 19.4. The van der Waals surface area contributed by atoms with Crippen molar-refractivity contribution in [2.75, 3.05) is 25.2 Å². The summed E-state index contributed by atoms with van der Waals surface area (Å²) in [6.07, 6.45) is 0.646. The van der Waals surface area contributed by atoms with Gasteiger partial charge < -0.3 is 10.1 Å². The molecule has 1 atom stereocenters. The smallest absolute Gasteiger partial charge is 0.249 e. The number of nitrogens with one attached hydrogen (secondary N) is 1. The van der Waals surface area contributed by atoms with Crippen molar-refractivity contribution in [1.82, 2.24) is 20.3 Å². The Morgan fingerprint density at radius 1 is 1.06 bits per heavy atom. The number of hydrogen-bond donors (Lipinski definition) is 1. The van der Waals surface area contributed by atoms with Crippen LogP contribution in [0, 0.1) is 5.82 Å². The summed E-state index contributed by atoms with van der Waals surface area (Å²) in [5.41, 5.74) is 3.35. The molecule has 0 saturated carbocycles. The molecular weight excluding hydrogens is 461 g/mol. The molecule has 4 rings (SSSR count). The normalized spacial score (nSPS) is 11.9. The number of aryl methyl sites for hydroxylation is 1. The molecule has 186 valence electrons. The van der Waals surface area contributed by atoms with Gasteiger partial charge in [0.25, 0.3) is 0 Å². The summed E-state index contributed by atoms with van der Waals surface area (Å²) in [6.45, 7) is 2.42. The van der Waals surface area contributed by atoms with Crippen LogP contribution in [0.4, 0.5) is 10.1 Å². The van der Waals surface area contributed by atoms with Gasteiger partial charge in [-0.3, -0.25) is 14.5 Å². The third kappa shape index (κ3) is 5.41. The number of fused-ring (bicyclic) bond motifs is 1. The Balaban J connectivity index is 1.81. The van der Waals surface area contributed by atoms with Crippen molar-refractivity contribution < 1.29 is 18.7 Å². The van der Waals surface area contributed by atoms with Crippen LogP contribution < -0.4 is 10.2 Å². The van der Waals surface area contributed by atoms with Crippen molar-refractivity contribution in [2.24, 2.45) is 0 Å². The third-order valence-electron chi connectivity index (χ3n) is 5.90. The van der Waals surface area contributed by atoms with Gasteiger partial charge in [0.2, 0.25) is 11.8 Å². The number of para-hydroxylation sites is 2. The minimum absolute atomic E-state index is 0.137. The van der Waals surface area contributed by atoms with E-state index in [2.05, 4.69) is 15.6 Å². The SMILES string of the molecule is CCc1ccccc1N(C(=O)Cn1nnc2ccccc21)[C@H](C(=O)NCCOC)c1ccc(F)cc1. The lowest BCUT2D eigenvalue weighted by atomic mass is 10.0. The zero-order valence-electron chi connectivity index (χ0n) is 20.2. The Hall–Kier alpha value is -4.11. The van der Waals surface area contributed by atoms with Crippen LogP contribution in [0.25, 0.3) is 11.0 Å². The first-order chi connectivity index (χ1) is 17.5. The predicted octanol–water partition coefficient (Wildman–Crippen LogP) is 3.67. The molecule has 2 amide bonds. The monoisotopic (exact) mass is 489 g/mol. The van der Waals surface area contributed by atoms with E-state index < -0.39 is 17.8 Å². The van der Waals surface area contributed by atoms with E-state index in [4.69, 9.17) is 4.74 Å². The minimum atomic E-state index is -1.04. The Kier molecular flexibility index (Phi) is 8.02. The van der Waals surface area contributed by atoms with Gasteiger partial charge in [0.05, 0.1) is 12.1 Å². The molecule has 0 aliphatic carbocycles. The number of rotatable bonds is 10. The maximum Gasteiger partial charge on any atom is 0.249 e. The number of aromatic nitrogens is 3. The second-order valence-electron chi connectivity index (χ2n) is 8.22. The average Bonchev–Trinajstić information content (AvgIpc) is 3.30. The number of amides is 2. The molecule has 9 heteroatoms. The molecule has 36 heavy (non-hydrogen) atoms. The van der Waals surface area contributed by atoms with Crippen molar-refractivity contribution in [3.8, 4) is 0 Å². The number of carbonyl (C=O) groups excluding carboxylic acids is 2. The Labute approximate surface area is 208 Å². The van der Waals surface area contributed by atoms with Crippen LogP contribution in [0.2, 0.25) is 0 Å². The summed E-state index contributed by atoms with van der Waals surface area (Å²) >= 11 is 0. The largest absolute Gasteiger partial charge is 0.383 e. The van der Waals surface area contributed by atoms with Crippen LogP contribution in [0.3, 0.4) is 0 Å². The number of halogens is 1. The molecule has 8 nitrogen and oxygen atoms in total. The summed E-state index contributed by atoms with van der Waals surface area (Å²) in [7, 11) is 1.54.